The summed E-state index contributed by atoms with van der Waals surface area (Å²) in [5.41, 5.74) is 1.06. The maximum Gasteiger partial charge on any atom is 0.338 e. The van der Waals surface area contributed by atoms with Gasteiger partial charge in [0.25, 0.3) is 5.91 Å². The maximum atomic E-state index is 12.5. The Kier molecular flexibility index (Phi) is 18.1. The van der Waals surface area contributed by atoms with E-state index in [0.717, 1.165) is 12.5 Å². The molecule has 9 unspecified atom stereocenters. The van der Waals surface area contributed by atoms with Gasteiger partial charge in [-0.15, -0.1) is 0 Å². The highest BCUT2D eigenvalue weighted by Gasteiger charge is 2.54. The summed E-state index contributed by atoms with van der Waals surface area (Å²) in [6.45, 7) is -1.54. The van der Waals surface area contributed by atoms with E-state index < -0.39 is 130 Å². The zero-order valence-corrected chi connectivity index (χ0v) is 33.0. The molecule has 3 saturated heterocycles. The van der Waals surface area contributed by atoms with Gasteiger partial charge in [0.15, 0.2) is 25.5 Å². The highest BCUT2D eigenvalue weighted by atomic mass is 16.8. The number of hydrogen-bond acceptors (Lipinski definition) is 20. The minimum atomic E-state index is -1.97. The van der Waals surface area contributed by atoms with Gasteiger partial charge in [0.05, 0.1) is 32.0 Å². The Morgan fingerprint density at radius 3 is 2.00 bits per heavy atom. The number of rotatable bonds is 19. The van der Waals surface area contributed by atoms with Crippen molar-refractivity contribution in [2.75, 3.05) is 39.6 Å². The number of hydrogen-bond donors (Lipinski definition) is 11. The lowest BCUT2D eigenvalue weighted by Gasteiger charge is -2.48. The number of ether oxygens (including phenoxy) is 8. The summed E-state index contributed by atoms with van der Waals surface area (Å²) < 4.78 is 44.9. The third-order valence-corrected chi connectivity index (χ3v) is 10.1. The first-order chi connectivity index (χ1) is 29.3. The van der Waals surface area contributed by atoms with Crippen molar-refractivity contribution in [2.45, 2.75) is 112 Å². The summed E-state index contributed by atoms with van der Waals surface area (Å²) in [5.74, 6) is -1.40. The summed E-state index contributed by atoms with van der Waals surface area (Å²) >= 11 is 0. The lowest BCUT2D eigenvalue weighted by atomic mass is 9.95. The second-order valence-corrected chi connectivity index (χ2v) is 14.5. The molecule has 0 spiro atoms. The Morgan fingerprint density at radius 2 is 1.33 bits per heavy atom. The van der Waals surface area contributed by atoms with Crippen LogP contribution >= 0.6 is 0 Å². The van der Waals surface area contributed by atoms with Crippen LogP contribution in [0.15, 0.2) is 54.6 Å². The number of benzene rings is 2. The van der Waals surface area contributed by atoms with Crippen molar-refractivity contribution >= 4 is 17.8 Å². The minimum Gasteiger partial charge on any atom is -0.484 e. The number of nitrogens with one attached hydrogen (secondary N) is 2. The van der Waals surface area contributed by atoms with Gasteiger partial charge in [-0.05, 0) is 30.2 Å². The molecule has 3 aliphatic rings. The zero-order chi connectivity index (χ0) is 44.2. The fourth-order valence-electron chi connectivity index (χ4n) is 6.80. The van der Waals surface area contributed by atoms with Gasteiger partial charge in [-0.3, -0.25) is 9.59 Å². The molecule has 2 amide bonds. The largest absolute Gasteiger partial charge is 0.484 e. The first-order valence-corrected chi connectivity index (χ1v) is 19.5. The van der Waals surface area contributed by atoms with E-state index in [4.69, 9.17) is 37.9 Å². The van der Waals surface area contributed by atoms with Crippen LogP contribution in [0.25, 0.3) is 0 Å². The molecule has 5 rings (SSSR count). The van der Waals surface area contributed by atoms with Gasteiger partial charge in [-0.25, -0.2) is 4.79 Å². The molecule has 61 heavy (non-hydrogen) atoms. The first-order valence-electron chi connectivity index (χ1n) is 19.5. The average molecular weight is 871 g/mol. The van der Waals surface area contributed by atoms with Crippen molar-refractivity contribution < 1.29 is 98.2 Å². The molecule has 2 aromatic rings. The van der Waals surface area contributed by atoms with Gasteiger partial charge in [-0.2, -0.15) is 0 Å². The van der Waals surface area contributed by atoms with Crippen LogP contribution in [-0.2, 0) is 49.4 Å². The fourth-order valence-corrected chi connectivity index (χ4v) is 6.80. The van der Waals surface area contributed by atoms with E-state index in [1.54, 1.807) is 18.2 Å². The van der Waals surface area contributed by atoms with Crippen molar-refractivity contribution in [1.29, 1.82) is 0 Å². The Bertz CT molecular complexity index is 1690. The normalized spacial score (nSPS) is 34.0. The lowest BCUT2D eigenvalue weighted by molar-refractivity contribution is -0.376. The third-order valence-electron chi connectivity index (χ3n) is 10.1. The van der Waals surface area contributed by atoms with Crippen LogP contribution < -0.4 is 15.4 Å². The molecule has 15 atom stereocenters. The van der Waals surface area contributed by atoms with Crippen LogP contribution in [0.2, 0.25) is 0 Å². The molecule has 0 aliphatic carbocycles. The van der Waals surface area contributed by atoms with Crippen LogP contribution in [0.4, 0.5) is 0 Å². The smallest absolute Gasteiger partial charge is 0.338 e. The molecule has 3 heterocycles. The van der Waals surface area contributed by atoms with E-state index in [-0.39, 0.29) is 44.1 Å². The number of esters is 1. The SMILES string of the molecule is CC(=O)NC1C(O)[C@H](O[C@@H]2OC(CO)[C@H](O)C(O[C@H]3OC(CO)[C@H](O)C(O)C3O)C2O)C(CO)O[C@H]1OCCCNC(=O)COc1cccc(C(=O)OCc2ccccc2)c1. The molecule has 3 fully saturated rings. The molecule has 3 aliphatic heterocycles. The number of aliphatic hydroxyl groups excluding tert-OH is 9. The zero-order valence-electron chi connectivity index (χ0n) is 33.0. The molecule has 0 bridgehead atoms. The summed E-state index contributed by atoms with van der Waals surface area (Å²) in [6, 6.07) is 14.0. The van der Waals surface area contributed by atoms with Crippen LogP contribution in [0.5, 0.6) is 5.75 Å². The monoisotopic (exact) mass is 870 g/mol. The quantitative estimate of drug-likeness (QED) is 0.0468. The maximum absolute atomic E-state index is 12.5. The van der Waals surface area contributed by atoms with Crippen LogP contribution in [0.1, 0.15) is 29.3 Å². The van der Waals surface area contributed by atoms with Gasteiger partial charge >= 0.3 is 5.97 Å². The Labute approximate surface area is 349 Å². The minimum absolute atomic E-state index is 0.0804. The van der Waals surface area contributed by atoms with Crippen LogP contribution in [0, 0.1) is 0 Å². The molecule has 22 heteroatoms. The third kappa shape index (κ3) is 12.6. The Morgan fingerprint density at radius 1 is 0.689 bits per heavy atom. The number of carbonyl (C=O) groups is 3. The fraction of sp³-hybridized carbons (Fsp3) is 0.615. The molecule has 0 aromatic heterocycles. The van der Waals surface area contributed by atoms with Crippen molar-refractivity contribution in [3.05, 3.63) is 65.7 Å². The number of amides is 2. The van der Waals surface area contributed by atoms with Gasteiger partial charge < -0.3 is 94.5 Å². The van der Waals surface area contributed by atoms with E-state index in [1.807, 2.05) is 30.3 Å². The van der Waals surface area contributed by atoms with Crippen molar-refractivity contribution in [1.82, 2.24) is 10.6 Å². The standard InChI is InChI=1S/C39H54N2O20/c1-19(45)41-27-30(49)34(60-39-33(52)35(29(48)24(15-43)58-39)61-38-32(51)31(50)28(47)23(14-42)57-38)25(16-44)59-37(27)54-12-6-11-40-26(46)18-55-22-10-5-9-21(13-22)36(53)56-17-20-7-3-2-4-8-20/h2-5,7-10,13,23-25,27-35,37-39,42-44,47-52H,6,11-12,14-18H2,1H3,(H,40,46)(H,41,45)/t23?,24?,25?,27?,28-,29-,30?,31?,32?,33?,34+,35?,37+,38+,39-/m0/s1. The Balaban J connectivity index is 1.12. The topological polar surface area (TPSA) is 331 Å². The average Bonchev–Trinajstić information content (AvgIpc) is 3.26. The molecule has 340 valence electrons. The van der Waals surface area contributed by atoms with Gasteiger partial charge in [0, 0.05) is 13.5 Å². The summed E-state index contributed by atoms with van der Waals surface area (Å²) in [7, 11) is 0. The molecular formula is C39H54N2O20. The van der Waals surface area contributed by atoms with E-state index in [0.29, 0.717) is 0 Å². The van der Waals surface area contributed by atoms with E-state index in [2.05, 4.69) is 10.6 Å². The van der Waals surface area contributed by atoms with Crippen molar-refractivity contribution in [2.24, 2.45) is 0 Å². The van der Waals surface area contributed by atoms with Gasteiger partial charge in [-0.1, -0.05) is 36.4 Å². The predicted molar refractivity (Wildman–Crippen MR) is 202 cm³/mol. The Hall–Kier alpha value is -3.95. The van der Waals surface area contributed by atoms with Gasteiger partial charge in [0.2, 0.25) is 5.91 Å². The molecule has 0 saturated carbocycles. The molecule has 22 nitrogen and oxygen atoms in total. The summed E-state index contributed by atoms with van der Waals surface area (Å²) in [6.07, 6.45) is -23.4. The van der Waals surface area contributed by atoms with Crippen molar-refractivity contribution in [3.8, 4) is 5.75 Å². The van der Waals surface area contributed by atoms with Crippen molar-refractivity contribution in [3.63, 3.8) is 0 Å². The van der Waals surface area contributed by atoms with Gasteiger partial charge in [0.1, 0.15) is 85.5 Å². The van der Waals surface area contributed by atoms with E-state index in [1.165, 1.54) is 6.07 Å². The lowest BCUT2D eigenvalue weighted by Crippen LogP contribution is -2.68. The predicted octanol–water partition coefficient (Wildman–Crippen LogP) is -4.46. The van der Waals surface area contributed by atoms with E-state index >= 15 is 0 Å². The first kappa shape index (κ1) is 48.1. The second-order valence-electron chi connectivity index (χ2n) is 14.5. The van der Waals surface area contributed by atoms with Crippen LogP contribution in [-0.4, -0.2) is 195 Å². The van der Waals surface area contributed by atoms with Crippen LogP contribution in [0.3, 0.4) is 0 Å². The second kappa shape index (κ2) is 22.9. The molecule has 0 radical (unpaired) electrons. The molecular weight excluding hydrogens is 816 g/mol. The van der Waals surface area contributed by atoms with E-state index in [9.17, 15) is 60.3 Å². The summed E-state index contributed by atoms with van der Waals surface area (Å²) in [5, 5.41) is 99.2. The summed E-state index contributed by atoms with van der Waals surface area (Å²) in [4.78, 5) is 37.2. The highest BCUT2D eigenvalue weighted by Crippen LogP contribution is 2.33. The molecule has 11 N–H and O–H groups in total. The number of carbonyl (C=O) groups excluding carboxylic acids is 3. The number of aliphatic hydroxyl groups is 9. The highest BCUT2D eigenvalue weighted by molar-refractivity contribution is 5.89. The molecule has 2 aromatic carbocycles.